The number of ether oxygens (including phenoxy) is 4. The van der Waals surface area contributed by atoms with Crippen molar-refractivity contribution in [1.29, 1.82) is 0 Å². The van der Waals surface area contributed by atoms with Crippen molar-refractivity contribution in [3.63, 3.8) is 0 Å². The SMILES string of the molecule is CCOC(=O)c1c(NC(=O)/C=C/c2cc(OC)c(OC)c(OC)c2)sc2c1CCN(C(C)C)C2. The molecule has 0 saturated carbocycles. The van der Waals surface area contributed by atoms with Crippen LogP contribution in [0.4, 0.5) is 5.00 Å². The van der Waals surface area contributed by atoms with Gasteiger partial charge >= 0.3 is 5.97 Å². The topological polar surface area (TPSA) is 86.3 Å². The summed E-state index contributed by atoms with van der Waals surface area (Å²) in [7, 11) is 4.60. The Morgan fingerprint density at radius 1 is 1.15 bits per heavy atom. The molecule has 8 nitrogen and oxygen atoms in total. The molecule has 1 amide bonds. The minimum absolute atomic E-state index is 0.274. The summed E-state index contributed by atoms with van der Waals surface area (Å²) in [5, 5.41) is 3.41. The van der Waals surface area contributed by atoms with E-state index in [1.54, 1.807) is 25.1 Å². The second-order valence-electron chi connectivity index (χ2n) is 8.02. The number of carbonyl (C=O) groups excluding carboxylic acids is 2. The normalized spacial score (nSPS) is 13.6. The van der Waals surface area contributed by atoms with E-state index in [2.05, 4.69) is 24.1 Å². The van der Waals surface area contributed by atoms with Crippen molar-refractivity contribution in [2.75, 3.05) is 39.8 Å². The smallest absolute Gasteiger partial charge is 0.341 e. The maximum atomic E-state index is 12.8. The van der Waals surface area contributed by atoms with Crippen LogP contribution in [0, 0.1) is 0 Å². The molecule has 1 aromatic carbocycles. The molecule has 1 aromatic heterocycles. The van der Waals surface area contributed by atoms with E-state index in [4.69, 9.17) is 18.9 Å². The molecule has 34 heavy (non-hydrogen) atoms. The van der Waals surface area contributed by atoms with Gasteiger partial charge in [0, 0.05) is 30.1 Å². The second-order valence-corrected chi connectivity index (χ2v) is 9.13. The summed E-state index contributed by atoms with van der Waals surface area (Å²) >= 11 is 1.44. The molecule has 0 spiro atoms. The lowest BCUT2D eigenvalue weighted by Crippen LogP contribution is -2.35. The summed E-state index contributed by atoms with van der Waals surface area (Å²) in [6, 6.07) is 3.90. The largest absolute Gasteiger partial charge is 0.493 e. The zero-order chi connectivity index (χ0) is 24.8. The Balaban J connectivity index is 1.86. The molecule has 0 radical (unpaired) electrons. The first-order chi connectivity index (χ1) is 16.3. The monoisotopic (exact) mass is 488 g/mol. The number of anilines is 1. The predicted molar refractivity (Wildman–Crippen MR) is 133 cm³/mol. The van der Waals surface area contributed by atoms with Crippen LogP contribution in [0.5, 0.6) is 17.2 Å². The third kappa shape index (κ3) is 5.53. The summed E-state index contributed by atoms with van der Waals surface area (Å²) in [5.41, 5.74) is 2.15. The van der Waals surface area contributed by atoms with Crippen LogP contribution in [-0.2, 0) is 22.5 Å². The van der Waals surface area contributed by atoms with Crippen LogP contribution >= 0.6 is 11.3 Å². The number of hydrogen-bond acceptors (Lipinski definition) is 8. The lowest BCUT2D eigenvalue weighted by atomic mass is 10.0. The molecule has 1 aliphatic rings. The minimum atomic E-state index is -0.401. The van der Waals surface area contributed by atoms with E-state index in [0.717, 1.165) is 30.0 Å². The number of rotatable bonds is 9. The maximum Gasteiger partial charge on any atom is 0.341 e. The van der Waals surface area contributed by atoms with E-state index in [-0.39, 0.29) is 12.5 Å². The van der Waals surface area contributed by atoms with Crippen molar-refractivity contribution in [3.05, 3.63) is 39.8 Å². The molecular formula is C25H32N2O6S. The maximum absolute atomic E-state index is 12.8. The lowest BCUT2D eigenvalue weighted by molar-refractivity contribution is -0.111. The number of benzene rings is 1. The number of methoxy groups -OCH3 is 3. The Morgan fingerprint density at radius 3 is 2.38 bits per heavy atom. The summed E-state index contributed by atoms with van der Waals surface area (Å²) in [6.07, 6.45) is 3.81. The van der Waals surface area contributed by atoms with Gasteiger partial charge in [0.2, 0.25) is 11.7 Å². The number of nitrogens with zero attached hydrogens (tertiary/aromatic N) is 1. The fourth-order valence-corrected chi connectivity index (χ4v) is 5.16. The Kier molecular flexibility index (Phi) is 8.57. The molecule has 0 bridgehead atoms. The van der Waals surface area contributed by atoms with E-state index >= 15 is 0 Å². The van der Waals surface area contributed by atoms with Gasteiger partial charge in [-0.15, -0.1) is 11.3 Å². The van der Waals surface area contributed by atoms with E-state index in [9.17, 15) is 9.59 Å². The molecule has 9 heteroatoms. The standard InChI is InChI=1S/C25H32N2O6S/c1-7-33-25(29)22-17-10-11-27(15(2)3)14-20(17)34-24(22)26-21(28)9-8-16-12-18(30-4)23(32-6)19(13-16)31-5/h8-9,12-13,15H,7,10-11,14H2,1-6H3,(H,26,28)/b9-8+. The van der Waals surface area contributed by atoms with Crippen LogP contribution in [0.1, 0.15) is 47.1 Å². The van der Waals surface area contributed by atoms with Crippen molar-refractivity contribution in [3.8, 4) is 17.2 Å². The van der Waals surface area contributed by atoms with E-state index < -0.39 is 5.97 Å². The zero-order valence-corrected chi connectivity index (χ0v) is 21.3. The van der Waals surface area contributed by atoms with Crippen molar-refractivity contribution in [2.24, 2.45) is 0 Å². The summed E-state index contributed by atoms with van der Waals surface area (Å²) in [6.45, 7) is 7.97. The van der Waals surface area contributed by atoms with Gasteiger partial charge in [0.05, 0.1) is 33.5 Å². The van der Waals surface area contributed by atoms with Crippen molar-refractivity contribution < 1.29 is 28.5 Å². The Hall–Kier alpha value is -3.04. The Labute approximate surface area is 204 Å². The lowest BCUT2D eigenvalue weighted by Gasteiger charge is -2.30. The Morgan fingerprint density at radius 2 is 1.82 bits per heavy atom. The van der Waals surface area contributed by atoms with Crippen molar-refractivity contribution in [1.82, 2.24) is 4.90 Å². The van der Waals surface area contributed by atoms with Gasteiger partial charge in [-0.05, 0) is 56.5 Å². The van der Waals surface area contributed by atoms with E-state index in [1.165, 1.54) is 38.7 Å². The number of thiophene rings is 1. The fourth-order valence-electron chi connectivity index (χ4n) is 3.89. The molecule has 0 fully saturated rings. The highest BCUT2D eigenvalue weighted by Crippen LogP contribution is 2.39. The van der Waals surface area contributed by atoms with E-state index in [0.29, 0.717) is 39.4 Å². The van der Waals surface area contributed by atoms with Crippen LogP contribution in [0.25, 0.3) is 6.08 Å². The minimum Gasteiger partial charge on any atom is -0.493 e. The van der Waals surface area contributed by atoms with Gasteiger partial charge in [-0.1, -0.05) is 0 Å². The number of esters is 1. The van der Waals surface area contributed by atoms with E-state index in [1.807, 2.05) is 0 Å². The average Bonchev–Trinajstić information content (AvgIpc) is 3.18. The highest BCUT2D eigenvalue weighted by Gasteiger charge is 2.30. The molecule has 3 rings (SSSR count). The summed E-state index contributed by atoms with van der Waals surface area (Å²) < 4.78 is 21.4. The van der Waals surface area contributed by atoms with Gasteiger partial charge in [0.15, 0.2) is 11.5 Å². The zero-order valence-electron chi connectivity index (χ0n) is 20.5. The molecule has 1 aliphatic heterocycles. The first kappa shape index (κ1) is 25.6. The van der Waals surface area contributed by atoms with Crippen LogP contribution in [0.3, 0.4) is 0 Å². The molecular weight excluding hydrogens is 456 g/mol. The van der Waals surface area contributed by atoms with Crippen LogP contribution in [0.15, 0.2) is 18.2 Å². The average molecular weight is 489 g/mol. The summed E-state index contributed by atoms with van der Waals surface area (Å²) in [4.78, 5) is 29.0. The second kappa shape index (κ2) is 11.4. The third-order valence-electron chi connectivity index (χ3n) is 5.65. The molecule has 0 unspecified atom stereocenters. The molecule has 184 valence electrons. The van der Waals surface area contributed by atoms with Gasteiger partial charge in [0.25, 0.3) is 0 Å². The number of hydrogen-bond donors (Lipinski definition) is 1. The van der Waals surface area contributed by atoms with Crippen LogP contribution in [0.2, 0.25) is 0 Å². The number of fused-ring (bicyclic) bond motifs is 1. The molecule has 2 heterocycles. The van der Waals surface area contributed by atoms with Gasteiger partial charge in [0.1, 0.15) is 5.00 Å². The first-order valence-corrected chi connectivity index (χ1v) is 12.0. The molecule has 0 aliphatic carbocycles. The highest BCUT2D eigenvalue weighted by atomic mass is 32.1. The van der Waals surface area contributed by atoms with Gasteiger partial charge < -0.3 is 24.3 Å². The van der Waals surface area contributed by atoms with Gasteiger partial charge in [-0.2, -0.15) is 0 Å². The first-order valence-electron chi connectivity index (χ1n) is 11.2. The molecule has 1 N–H and O–H groups in total. The Bertz CT molecular complexity index is 1050. The number of nitrogens with one attached hydrogen (secondary N) is 1. The quantitative estimate of drug-likeness (QED) is 0.414. The van der Waals surface area contributed by atoms with Crippen molar-refractivity contribution in [2.45, 2.75) is 39.8 Å². The summed E-state index contributed by atoms with van der Waals surface area (Å²) in [5.74, 6) is 0.713. The van der Waals surface area contributed by atoms with Gasteiger partial charge in [-0.25, -0.2) is 4.79 Å². The number of carbonyl (C=O) groups is 2. The molecule has 0 atom stereocenters. The van der Waals surface area contributed by atoms with Crippen LogP contribution < -0.4 is 19.5 Å². The highest BCUT2D eigenvalue weighted by molar-refractivity contribution is 7.17. The van der Waals surface area contributed by atoms with Crippen LogP contribution in [-0.4, -0.2) is 57.3 Å². The molecule has 2 aromatic rings. The van der Waals surface area contributed by atoms with Gasteiger partial charge in [-0.3, -0.25) is 9.69 Å². The number of amides is 1. The molecule has 0 saturated heterocycles. The third-order valence-corrected chi connectivity index (χ3v) is 6.78. The fraction of sp³-hybridized carbons (Fsp3) is 0.440. The van der Waals surface area contributed by atoms with Crippen molar-refractivity contribution >= 4 is 34.3 Å². The predicted octanol–water partition coefficient (Wildman–Crippen LogP) is 4.37.